The lowest BCUT2D eigenvalue weighted by Gasteiger charge is -2.29. The van der Waals surface area contributed by atoms with Gasteiger partial charge in [-0.3, -0.25) is 4.79 Å². The molecule has 0 saturated carbocycles. The van der Waals surface area contributed by atoms with Crippen molar-refractivity contribution in [3.8, 4) is 0 Å². The van der Waals surface area contributed by atoms with E-state index in [0.29, 0.717) is 53.4 Å². The second-order valence-corrected chi connectivity index (χ2v) is 11.8. The standard InChI is InChI=1S/C36H45FN4O2/c1-7-18-36(6,9-3)41-19-17-29(24-41)35(42)38-23-30(8-2)39-34-25(4)15-16-32(40-34)31-14-10-13-28(33(31)37)22-27-12-11-20-43-26(5)21-27/h7,10,12-14,16-17,19,24-26H,1-2,9,11,15,18,20-23H2,3-6H3,(H,38,42)(H,39,40)/t25?,26-,36?/m0/s1. The van der Waals surface area contributed by atoms with E-state index in [2.05, 4.69) is 67.9 Å². The highest BCUT2D eigenvalue weighted by atomic mass is 19.1. The summed E-state index contributed by atoms with van der Waals surface area (Å²) in [5.74, 6) is 0.344. The lowest BCUT2D eigenvalue weighted by atomic mass is 9.94. The van der Waals surface area contributed by atoms with Gasteiger partial charge in [0.25, 0.3) is 5.91 Å². The summed E-state index contributed by atoms with van der Waals surface area (Å²) in [5, 5.41) is 6.26. The van der Waals surface area contributed by atoms with Crippen LogP contribution in [-0.2, 0) is 16.7 Å². The van der Waals surface area contributed by atoms with E-state index in [0.717, 1.165) is 25.7 Å². The quantitative estimate of drug-likeness (QED) is 0.213. The molecule has 2 aliphatic heterocycles. The number of nitrogens with zero attached hydrogens (tertiary/aromatic N) is 2. The number of nitrogens with one attached hydrogen (secondary N) is 2. The van der Waals surface area contributed by atoms with Gasteiger partial charge in [0.2, 0.25) is 0 Å². The Morgan fingerprint density at radius 2 is 2.12 bits per heavy atom. The number of halogens is 1. The van der Waals surface area contributed by atoms with Crippen LogP contribution in [-0.4, -0.2) is 35.6 Å². The van der Waals surface area contributed by atoms with Gasteiger partial charge in [0.15, 0.2) is 0 Å². The van der Waals surface area contributed by atoms with Crippen LogP contribution in [0.25, 0.3) is 5.70 Å². The lowest BCUT2D eigenvalue weighted by molar-refractivity contribution is 0.0743. The number of ether oxygens (including phenoxy) is 1. The van der Waals surface area contributed by atoms with Crippen molar-refractivity contribution in [3.05, 3.63) is 108 Å². The first-order valence-electron chi connectivity index (χ1n) is 15.3. The number of amidine groups is 1. The van der Waals surface area contributed by atoms with E-state index in [9.17, 15) is 4.79 Å². The minimum Gasteiger partial charge on any atom is -0.378 e. The largest absolute Gasteiger partial charge is 0.378 e. The molecule has 3 atom stereocenters. The van der Waals surface area contributed by atoms with Gasteiger partial charge in [-0.2, -0.15) is 0 Å². The van der Waals surface area contributed by atoms with Gasteiger partial charge in [0, 0.05) is 29.4 Å². The summed E-state index contributed by atoms with van der Waals surface area (Å²) in [6.07, 6.45) is 14.7. The molecule has 7 heteroatoms. The van der Waals surface area contributed by atoms with Crippen LogP contribution in [0, 0.1) is 11.7 Å². The number of hydrogen-bond acceptors (Lipinski definition) is 4. The Bertz CT molecular complexity index is 1480. The first kappa shape index (κ1) is 32.0. The van der Waals surface area contributed by atoms with E-state index in [-0.39, 0.29) is 35.8 Å². The summed E-state index contributed by atoms with van der Waals surface area (Å²) in [6.45, 7) is 17.0. The molecule has 3 heterocycles. The van der Waals surface area contributed by atoms with Gasteiger partial charge in [-0.25, -0.2) is 9.38 Å². The smallest absolute Gasteiger partial charge is 0.253 e. The van der Waals surface area contributed by atoms with Gasteiger partial charge in [0.05, 0.1) is 36.2 Å². The highest BCUT2D eigenvalue weighted by Gasteiger charge is 2.24. The molecule has 0 bridgehead atoms. The minimum absolute atomic E-state index is 0.0808. The molecule has 4 rings (SSSR count). The maximum absolute atomic E-state index is 15.8. The van der Waals surface area contributed by atoms with Gasteiger partial charge < -0.3 is 19.9 Å². The normalized spacial score (nSPS) is 20.0. The zero-order valence-corrected chi connectivity index (χ0v) is 26.0. The molecule has 2 aliphatic rings. The first-order chi connectivity index (χ1) is 20.7. The summed E-state index contributed by atoms with van der Waals surface area (Å²) in [4.78, 5) is 17.8. The van der Waals surface area contributed by atoms with Crippen LogP contribution in [0.2, 0.25) is 0 Å². The summed E-state index contributed by atoms with van der Waals surface area (Å²) >= 11 is 0. The van der Waals surface area contributed by atoms with E-state index in [1.807, 2.05) is 42.7 Å². The topological polar surface area (TPSA) is 67.7 Å². The molecule has 0 radical (unpaired) electrons. The molecular weight excluding hydrogens is 539 g/mol. The molecule has 1 amide bonds. The number of rotatable bonds is 11. The van der Waals surface area contributed by atoms with E-state index in [1.54, 1.807) is 6.07 Å². The molecule has 6 nitrogen and oxygen atoms in total. The number of amides is 1. The van der Waals surface area contributed by atoms with Crippen molar-refractivity contribution >= 4 is 17.4 Å². The molecule has 2 unspecified atom stereocenters. The molecule has 2 N–H and O–H groups in total. The average molecular weight is 585 g/mol. The van der Waals surface area contributed by atoms with E-state index < -0.39 is 0 Å². The van der Waals surface area contributed by atoms with Crippen molar-refractivity contribution < 1.29 is 13.9 Å². The Hall–Kier alpha value is -3.93. The molecule has 228 valence electrons. The first-order valence-corrected chi connectivity index (χ1v) is 15.3. The highest BCUT2D eigenvalue weighted by molar-refractivity contribution is 5.95. The maximum Gasteiger partial charge on any atom is 0.253 e. The van der Waals surface area contributed by atoms with Crippen LogP contribution in [0.4, 0.5) is 4.39 Å². The third-order valence-electron chi connectivity index (χ3n) is 8.49. The zero-order chi connectivity index (χ0) is 31.0. The Kier molecular flexibility index (Phi) is 10.8. The van der Waals surface area contributed by atoms with Crippen LogP contribution >= 0.6 is 0 Å². The summed E-state index contributed by atoms with van der Waals surface area (Å²) < 4.78 is 23.6. The monoisotopic (exact) mass is 584 g/mol. The third kappa shape index (κ3) is 7.92. The summed E-state index contributed by atoms with van der Waals surface area (Å²) in [7, 11) is 0. The van der Waals surface area contributed by atoms with Gasteiger partial charge in [0.1, 0.15) is 11.7 Å². The Morgan fingerprint density at radius 1 is 1.30 bits per heavy atom. The molecule has 1 aromatic heterocycles. The van der Waals surface area contributed by atoms with Crippen molar-refractivity contribution in [1.29, 1.82) is 0 Å². The van der Waals surface area contributed by atoms with Gasteiger partial charge in [-0.15, -0.1) is 12.3 Å². The lowest BCUT2D eigenvalue weighted by Crippen LogP contribution is -2.36. The van der Waals surface area contributed by atoms with Crippen molar-refractivity contribution in [3.63, 3.8) is 0 Å². The molecule has 1 aromatic carbocycles. The van der Waals surface area contributed by atoms with Crippen LogP contribution in [0.3, 0.4) is 0 Å². The second kappa shape index (κ2) is 14.5. The fraction of sp³-hybridized carbons (Fsp3) is 0.417. The van der Waals surface area contributed by atoms with Crippen LogP contribution in [0.15, 0.2) is 90.0 Å². The Labute approximate surface area is 255 Å². The van der Waals surface area contributed by atoms with Crippen molar-refractivity contribution in [1.82, 2.24) is 15.2 Å². The number of carbonyl (C=O) groups excluding carboxylic acids is 1. The highest BCUT2D eigenvalue weighted by Crippen LogP contribution is 2.30. The van der Waals surface area contributed by atoms with Gasteiger partial charge in [-0.05, 0) is 70.1 Å². The molecular formula is C36H45FN4O2. The number of aliphatic imine (C=N–C) groups is 1. The number of allylic oxidation sites excluding steroid dienone is 2. The maximum atomic E-state index is 15.8. The number of carbonyl (C=O) groups is 1. The fourth-order valence-corrected chi connectivity index (χ4v) is 5.54. The van der Waals surface area contributed by atoms with Crippen LogP contribution < -0.4 is 10.6 Å². The zero-order valence-electron chi connectivity index (χ0n) is 26.0. The van der Waals surface area contributed by atoms with E-state index in [4.69, 9.17) is 9.73 Å². The van der Waals surface area contributed by atoms with Crippen LogP contribution in [0.5, 0.6) is 0 Å². The average Bonchev–Trinajstić information content (AvgIpc) is 3.42. The Morgan fingerprint density at radius 3 is 2.86 bits per heavy atom. The van der Waals surface area contributed by atoms with Crippen LogP contribution in [0.1, 0.15) is 81.3 Å². The molecule has 2 aromatic rings. The minimum atomic E-state index is -0.240. The van der Waals surface area contributed by atoms with Crippen molar-refractivity contribution in [2.24, 2.45) is 10.9 Å². The SMILES string of the molecule is C=C=C(CNC(=O)c1ccn(C(C)(CC)CC=C)c1)NC1=NC(c2cccc(CC3=CCCO[C@@H](C)C3)c2F)=CCC1C. The van der Waals surface area contributed by atoms with Gasteiger partial charge in [-0.1, -0.05) is 56.4 Å². The number of hydrogen-bond donors (Lipinski definition) is 2. The van der Waals surface area contributed by atoms with Gasteiger partial charge >= 0.3 is 0 Å². The number of aromatic nitrogens is 1. The third-order valence-corrected chi connectivity index (χ3v) is 8.49. The van der Waals surface area contributed by atoms with E-state index >= 15 is 4.39 Å². The van der Waals surface area contributed by atoms with Crippen molar-refractivity contribution in [2.75, 3.05) is 13.2 Å². The van der Waals surface area contributed by atoms with E-state index in [1.165, 1.54) is 5.57 Å². The predicted molar refractivity (Wildman–Crippen MR) is 173 cm³/mol. The number of benzene rings is 1. The molecule has 0 fully saturated rings. The summed E-state index contributed by atoms with van der Waals surface area (Å²) in [6, 6.07) is 7.35. The molecule has 0 aliphatic carbocycles. The summed E-state index contributed by atoms with van der Waals surface area (Å²) in [5.41, 5.74) is 6.88. The molecule has 0 spiro atoms. The molecule has 43 heavy (non-hydrogen) atoms. The Balaban J connectivity index is 1.43. The predicted octanol–water partition coefficient (Wildman–Crippen LogP) is 7.46. The second-order valence-electron chi connectivity index (χ2n) is 11.8. The molecule has 0 saturated heterocycles. The fourth-order valence-electron chi connectivity index (χ4n) is 5.54. The van der Waals surface area contributed by atoms with Crippen molar-refractivity contribution in [2.45, 2.75) is 77.9 Å².